The Morgan fingerprint density at radius 3 is 3.06 bits per heavy atom. The van der Waals surface area contributed by atoms with E-state index >= 15 is 0 Å². The van der Waals surface area contributed by atoms with E-state index in [2.05, 4.69) is 27.5 Å². The van der Waals surface area contributed by atoms with Crippen molar-refractivity contribution in [3.05, 3.63) is 42.2 Å². The fourth-order valence-electron chi connectivity index (χ4n) is 2.45. The summed E-state index contributed by atoms with van der Waals surface area (Å²) in [5.74, 6) is 1.06. The molecule has 0 atom stereocenters. The first-order valence-corrected chi connectivity index (χ1v) is 6.14. The summed E-state index contributed by atoms with van der Waals surface area (Å²) in [5, 5.41) is 0. The lowest BCUT2D eigenvalue weighted by Crippen LogP contribution is -2.30. The number of rotatable bonds is 2. The Morgan fingerprint density at radius 1 is 1.35 bits per heavy atom. The van der Waals surface area contributed by atoms with Gasteiger partial charge in [0.2, 0.25) is 0 Å². The number of benzene rings is 1. The maximum absolute atomic E-state index is 4.60. The van der Waals surface area contributed by atoms with Crippen LogP contribution in [0.15, 0.2) is 36.4 Å². The minimum Gasteiger partial charge on any atom is -0.341 e. The molecule has 17 heavy (non-hydrogen) atoms. The van der Waals surface area contributed by atoms with E-state index in [1.165, 1.54) is 18.4 Å². The predicted octanol–water partition coefficient (Wildman–Crippen LogP) is 2.71. The number of nitrogens with one attached hydrogen (secondary N) is 1. The van der Waals surface area contributed by atoms with E-state index in [0.29, 0.717) is 0 Å². The Kier molecular flexibility index (Phi) is 2.69. The number of hydrogen-bond donors (Lipinski definition) is 1. The number of imidazole rings is 1. The Balaban J connectivity index is 1.78. The molecule has 0 unspecified atom stereocenters. The van der Waals surface area contributed by atoms with Gasteiger partial charge in [-0.1, -0.05) is 24.3 Å². The molecule has 1 aromatic heterocycles. The Morgan fingerprint density at radius 2 is 2.24 bits per heavy atom. The molecule has 1 aliphatic heterocycles. The van der Waals surface area contributed by atoms with Crippen LogP contribution in [-0.4, -0.2) is 28.0 Å². The number of hydrogen-bond acceptors (Lipinski definition) is 2. The van der Waals surface area contributed by atoms with Gasteiger partial charge >= 0.3 is 0 Å². The second-order valence-electron chi connectivity index (χ2n) is 4.76. The molecule has 3 heteroatoms. The molecule has 0 amide bonds. The first-order valence-electron chi connectivity index (χ1n) is 6.14. The summed E-state index contributed by atoms with van der Waals surface area (Å²) in [7, 11) is 0. The maximum Gasteiger partial charge on any atom is 0.121 e. The van der Waals surface area contributed by atoms with Gasteiger partial charge in [-0.3, -0.25) is 4.90 Å². The lowest BCUT2D eigenvalue weighted by molar-refractivity contribution is 0.253. The number of H-pyrrole nitrogens is 1. The summed E-state index contributed by atoms with van der Waals surface area (Å²) in [4.78, 5) is 10.4. The highest BCUT2D eigenvalue weighted by atomic mass is 15.2. The van der Waals surface area contributed by atoms with E-state index in [4.69, 9.17) is 0 Å². The van der Waals surface area contributed by atoms with Crippen molar-refractivity contribution in [3.8, 4) is 0 Å². The minimum atomic E-state index is 0.897. The van der Waals surface area contributed by atoms with Crippen LogP contribution in [0.3, 0.4) is 0 Å². The van der Waals surface area contributed by atoms with Crippen LogP contribution < -0.4 is 0 Å². The van der Waals surface area contributed by atoms with Gasteiger partial charge in [0.1, 0.15) is 5.82 Å². The molecule has 0 bridgehead atoms. The van der Waals surface area contributed by atoms with Crippen molar-refractivity contribution in [1.29, 1.82) is 0 Å². The summed E-state index contributed by atoms with van der Waals surface area (Å²) in [6.45, 7) is 7.13. The second-order valence-corrected chi connectivity index (χ2v) is 4.76. The number of aromatic nitrogens is 2. The van der Waals surface area contributed by atoms with Crippen molar-refractivity contribution < 1.29 is 0 Å². The van der Waals surface area contributed by atoms with E-state index in [1.54, 1.807) is 0 Å². The van der Waals surface area contributed by atoms with Crippen LogP contribution in [0.4, 0.5) is 0 Å². The van der Waals surface area contributed by atoms with Crippen LogP contribution in [0.25, 0.3) is 11.0 Å². The summed E-state index contributed by atoms with van der Waals surface area (Å²) < 4.78 is 0. The number of piperidine rings is 1. The number of likely N-dealkylation sites (tertiary alicyclic amines) is 1. The smallest absolute Gasteiger partial charge is 0.121 e. The highest BCUT2D eigenvalue weighted by Crippen LogP contribution is 2.17. The van der Waals surface area contributed by atoms with Gasteiger partial charge in [-0.15, -0.1) is 0 Å². The van der Waals surface area contributed by atoms with Gasteiger partial charge in [-0.2, -0.15) is 0 Å². The van der Waals surface area contributed by atoms with Crippen LogP contribution in [0.2, 0.25) is 0 Å². The van der Waals surface area contributed by atoms with Crippen molar-refractivity contribution >= 4 is 11.0 Å². The molecule has 2 heterocycles. The maximum atomic E-state index is 4.60. The highest BCUT2D eigenvalue weighted by molar-refractivity contribution is 5.74. The molecule has 1 N–H and O–H groups in total. The third-order valence-corrected chi connectivity index (χ3v) is 3.26. The van der Waals surface area contributed by atoms with Crippen LogP contribution >= 0.6 is 0 Å². The Hall–Kier alpha value is -1.61. The summed E-state index contributed by atoms with van der Waals surface area (Å²) >= 11 is 0. The van der Waals surface area contributed by atoms with Crippen LogP contribution in [0.5, 0.6) is 0 Å². The van der Waals surface area contributed by atoms with E-state index in [1.807, 2.05) is 18.2 Å². The molecule has 0 saturated carbocycles. The lowest BCUT2D eigenvalue weighted by atomic mass is 10.1. The SMILES string of the molecule is C=C1CCCN(Cc2nc3ccccc3[nH]2)C1. The van der Waals surface area contributed by atoms with Crippen LogP contribution in [0, 0.1) is 0 Å². The van der Waals surface area contributed by atoms with Gasteiger partial charge in [0.25, 0.3) is 0 Å². The minimum absolute atomic E-state index is 0.897. The quantitative estimate of drug-likeness (QED) is 0.800. The molecule has 1 fully saturated rings. The molecule has 1 saturated heterocycles. The van der Waals surface area contributed by atoms with Crippen molar-refractivity contribution in [3.63, 3.8) is 0 Å². The van der Waals surface area contributed by atoms with Crippen molar-refractivity contribution in [2.24, 2.45) is 0 Å². The Labute approximate surface area is 101 Å². The number of aromatic amines is 1. The second kappa shape index (κ2) is 4.34. The van der Waals surface area contributed by atoms with Gasteiger partial charge in [0.05, 0.1) is 17.6 Å². The molecule has 0 spiro atoms. The van der Waals surface area contributed by atoms with Crippen LogP contribution in [0.1, 0.15) is 18.7 Å². The van der Waals surface area contributed by atoms with E-state index < -0.39 is 0 Å². The molecule has 3 nitrogen and oxygen atoms in total. The van der Waals surface area contributed by atoms with Crippen molar-refractivity contribution in [1.82, 2.24) is 14.9 Å². The molecular weight excluding hydrogens is 210 g/mol. The van der Waals surface area contributed by atoms with Gasteiger partial charge in [-0.25, -0.2) is 4.98 Å². The van der Waals surface area contributed by atoms with Gasteiger partial charge in [0.15, 0.2) is 0 Å². The summed E-state index contributed by atoms with van der Waals surface area (Å²) in [5.41, 5.74) is 3.52. The standard InChI is InChI=1S/C14H17N3/c1-11-5-4-8-17(9-11)10-14-15-12-6-2-3-7-13(12)16-14/h2-3,6-7H,1,4-5,8-10H2,(H,15,16). The van der Waals surface area contributed by atoms with Gasteiger partial charge < -0.3 is 4.98 Å². The molecular formula is C14H17N3. The first kappa shape index (κ1) is 10.5. The lowest BCUT2D eigenvalue weighted by Gasteiger charge is -2.27. The molecule has 3 rings (SSSR count). The molecule has 0 aliphatic carbocycles. The Bertz CT molecular complexity index is 508. The third-order valence-electron chi connectivity index (χ3n) is 3.26. The van der Waals surface area contributed by atoms with Gasteiger partial charge in [-0.05, 0) is 31.5 Å². The molecule has 1 aliphatic rings. The van der Waals surface area contributed by atoms with Crippen LogP contribution in [-0.2, 0) is 6.54 Å². The van der Waals surface area contributed by atoms with Gasteiger partial charge in [0, 0.05) is 6.54 Å². The van der Waals surface area contributed by atoms with Crippen molar-refractivity contribution in [2.45, 2.75) is 19.4 Å². The zero-order valence-corrected chi connectivity index (χ0v) is 9.95. The summed E-state index contributed by atoms with van der Waals surface area (Å²) in [6.07, 6.45) is 2.40. The first-order chi connectivity index (χ1) is 8.31. The number of fused-ring (bicyclic) bond motifs is 1. The van der Waals surface area contributed by atoms with Crippen molar-refractivity contribution in [2.75, 3.05) is 13.1 Å². The molecule has 0 radical (unpaired) electrons. The van der Waals surface area contributed by atoms with E-state index in [0.717, 1.165) is 36.5 Å². The fourth-order valence-corrected chi connectivity index (χ4v) is 2.45. The molecule has 2 aromatic rings. The van der Waals surface area contributed by atoms with E-state index in [9.17, 15) is 0 Å². The molecule has 1 aromatic carbocycles. The largest absolute Gasteiger partial charge is 0.341 e. The normalized spacial score (nSPS) is 17.8. The monoisotopic (exact) mass is 227 g/mol. The number of nitrogens with zero attached hydrogens (tertiary/aromatic N) is 2. The highest BCUT2D eigenvalue weighted by Gasteiger charge is 2.14. The summed E-state index contributed by atoms with van der Waals surface area (Å²) in [6, 6.07) is 8.17. The van der Waals surface area contributed by atoms with E-state index in [-0.39, 0.29) is 0 Å². The number of para-hydroxylation sites is 2. The third kappa shape index (κ3) is 2.24. The average Bonchev–Trinajstić information content (AvgIpc) is 2.71. The predicted molar refractivity (Wildman–Crippen MR) is 69.7 cm³/mol. The fraction of sp³-hybridized carbons (Fsp3) is 0.357. The zero-order valence-electron chi connectivity index (χ0n) is 9.95. The molecule has 88 valence electrons. The average molecular weight is 227 g/mol. The topological polar surface area (TPSA) is 31.9 Å². The zero-order chi connectivity index (χ0) is 11.7.